The number of esters is 1. The fourth-order valence-electron chi connectivity index (χ4n) is 2.95. The first-order chi connectivity index (χ1) is 15.0. The Bertz CT molecular complexity index is 1050. The lowest BCUT2D eigenvalue weighted by molar-refractivity contribution is -0.125. The first-order valence-corrected chi connectivity index (χ1v) is 9.48. The topological polar surface area (TPSA) is 83.1 Å². The van der Waals surface area contributed by atoms with Gasteiger partial charge < -0.3 is 24.3 Å². The van der Waals surface area contributed by atoms with Gasteiger partial charge in [0.1, 0.15) is 5.75 Å². The zero-order chi connectivity index (χ0) is 22.2. The van der Waals surface area contributed by atoms with E-state index in [9.17, 15) is 9.59 Å². The Labute approximate surface area is 180 Å². The van der Waals surface area contributed by atoms with Crippen molar-refractivity contribution in [3.05, 3.63) is 83.9 Å². The lowest BCUT2D eigenvalue weighted by Crippen LogP contribution is -2.26. The fraction of sp³-hybridized carbons (Fsp3) is 0.167. The van der Waals surface area contributed by atoms with Gasteiger partial charge in [0.05, 0.1) is 26.9 Å². The molecule has 0 unspecified atom stereocenters. The molecule has 1 amide bonds. The number of anilines is 1. The molecule has 0 aromatic heterocycles. The molecule has 0 saturated heterocycles. The van der Waals surface area contributed by atoms with E-state index < -0.39 is 18.0 Å². The Hall–Kier alpha value is -4.00. The number of amides is 1. The summed E-state index contributed by atoms with van der Waals surface area (Å²) >= 11 is 0. The van der Waals surface area contributed by atoms with Crippen LogP contribution in [0, 0.1) is 0 Å². The molecule has 0 aliphatic rings. The normalized spacial score (nSPS) is 11.2. The predicted octanol–water partition coefficient (Wildman–Crippen LogP) is 4.25. The zero-order valence-electron chi connectivity index (χ0n) is 17.5. The number of ether oxygens (including phenoxy) is 4. The molecule has 3 rings (SSSR count). The molecule has 3 aromatic carbocycles. The van der Waals surface area contributed by atoms with Gasteiger partial charge in [-0.1, -0.05) is 36.4 Å². The number of benzene rings is 3. The third-order valence-corrected chi connectivity index (χ3v) is 4.52. The van der Waals surface area contributed by atoms with Gasteiger partial charge in [0, 0.05) is 17.3 Å². The SMILES string of the molecule is COc1cccc(NC(=O)[C@@H](OC(=O)c2ccc(OC)c(OC)c2)c2ccccc2)c1. The number of hydrogen-bond acceptors (Lipinski definition) is 6. The Morgan fingerprint density at radius 2 is 1.52 bits per heavy atom. The quantitative estimate of drug-likeness (QED) is 0.548. The van der Waals surface area contributed by atoms with Crippen molar-refractivity contribution in [2.75, 3.05) is 26.6 Å². The van der Waals surface area contributed by atoms with E-state index in [4.69, 9.17) is 18.9 Å². The molecule has 0 aliphatic carbocycles. The van der Waals surface area contributed by atoms with Gasteiger partial charge in [-0.05, 0) is 30.3 Å². The molecule has 0 spiro atoms. The number of rotatable bonds is 8. The van der Waals surface area contributed by atoms with Gasteiger partial charge in [-0.3, -0.25) is 4.79 Å². The number of hydrogen-bond donors (Lipinski definition) is 1. The Balaban J connectivity index is 1.85. The summed E-state index contributed by atoms with van der Waals surface area (Å²) in [6, 6.07) is 20.4. The van der Waals surface area contributed by atoms with Crippen LogP contribution in [0.1, 0.15) is 22.0 Å². The fourth-order valence-corrected chi connectivity index (χ4v) is 2.95. The minimum Gasteiger partial charge on any atom is -0.497 e. The summed E-state index contributed by atoms with van der Waals surface area (Å²) in [5, 5.41) is 2.77. The third-order valence-electron chi connectivity index (χ3n) is 4.52. The molecule has 7 heteroatoms. The van der Waals surface area contributed by atoms with Gasteiger partial charge in [-0.25, -0.2) is 4.79 Å². The Morgan fingerprint density at radius 1 is 0.774 bits per heavy atom. The van der Waals surface area contributed by atoms with Crippen LogP contribution in [0.2, 0.25) is 0 Å². The van der Waals surface area contributed by atoms with Gasteiger partial charge in [0.2, 0.25) is 6.10 Å². The van der Waals surface area contributed by atoms with E-state index in [0.29, 0.717) is 28.5 Å². The second-order valence-corrected chi connectivity index (χ2v) is 6.49. The van der Waals surface area contributed by atoms with E-state index in [0.717, 1.165) is 0 Å². The van der Waals surface area contributed by atoms with Gasteiger partial charge in [0.15, 0.2) is 11.5 Å². The standard InChI is InChI=1S/C24H23NO6/c1-28-19-11-7-10-18(15-19)25-23(26)22(16-8-5-4-6-9-16)31-24(27)17-12-13-20(29-2)21(14-17)30-3/h4-15,22H,1-3H3,(H,25,26)/t22-/m0/s1. The second-order valence-electron chi connectivity index (χ2n) is 6.49. The summed E-state index contributed by atoms with van der Waals surface area (Å²) in [7, 11) is 4.52. The van der Waals surface area contributed by atoms with Crippen molar-refractivity contribution in [3.8, 4) is 17.2 Å². The van der Waals surface area contributed by atoms with Gasteiger partial charge in [-0.15, -0.1) is 0 Å². The van der Waals surface area contributed by atoms with Gasteiger partial charge in [0.25, 0.3) is 5.91 Å². The highest BCUT2D eigenvalue weighted by Gasteiger charge is 2.26. The average molecular weight is 421 g/mol. The minimum absolute atomic E-state index is 0.229. The molecule has 160 valence electrons. The minimum atomic E-state index is -1.16. The zero-order valence-corrected chi connectivity index (χ0v) is 17.5. The van der Waals surface area contributed by atoms with E-state index in [2.05, 4.69) is 5.32 Å². The molecule has 3 aromatic rings. The first kappa shape index (κ1) is 21.7. The number of carbonyl (C=O) groups is 2. The molecule has 1 N–H and O–H groups in total. The molecule has 0 bridgehead atoms. The van der Waals surface area contributed by atoms with Crippen molar-refractivity contribution in [3.63, 3.8) is 0 Å². The average Bonchev–Trinajstić information content (AvgIpc) is 2.82. The van der Waals surface area contributed by atoms with Crippen LogP contribution in [0.5, 0.6) is 17.2 Å². The number of carbonyl (C=O) groups excluding carboxylic acids is 2. The maximum atomic E-state index is 13.0. The summed E-state index contributed by atoms with van der Waals surface area (Å²) in [6.07, 6.45) is -1.16. The highest BCUT2D eigenvalue weighted by molar-refractivity contribution is 5.98. The van der Waals surface area contributed by atoms with Gasteiger partial charge in [-0.2, -0.15) is 0 Å². The summed E-state index contributed by atoms with van der Waals surface area (Å²) < 4.78 is 21.2. The van der Waals surface area contributed by atoms with Crippen molar-refractivity contribution >= 4 is 17.6 Å². The molecule has 0 fully saturated rings. The highest BCUT2D eigenvalue weighted by Crippen LogP contribution is 2.29. The van der Waals surface area contributed by atoms with Crippen LogP contribution in [-0.2, 0) is 9.53 Å². The van der Waals surface area contributed by atoms with Crippen LogP contribution in [0.4, 0.5) is 5.69 Å². The smallest absolute Gasteiger partial charge is 0.339 e. The molecule has 1 atom stereocenters. The molecular formula is C24H23NO6. The van der Waals surface area contributed by atoms with E-state index in [-0.39, 0.29) is 5.56 Å². The maximum absolute atomic E-state index is 13.0. The third kappa shape index (κ3) is 5.33. The van der Waals surface area contributed by atoms with E-state index in [1.807, 2.05) is 6.07 Å². The summed E-state index contributed by atoms with van der Waals surface area (Å²) in [5.74, 6) is 0.295. The predicted molar refractivity (Wildman–Crippen MR) is 116 cm³/mol. The highest BCUT2D eigenvalue weighted by atomic mass is 16.5. The summed E-state index contributed by atoms with van der Waals surface area (Å²) in [6.45, 7) is 0. The van der Waals surface area contributed by atoms with E-state index >= 15 is 0 Å². The Kier molecular flexibility index (Phi) is 7.11. The lowest BCUT2D eigenvalue weighted by atomic mass is 10.1. The molecule has 31 heavy (non-hydrogen) atoms. The molecule has 0 radical (unpaired) electrons. The van der Waals surface area contributed by atoms with E-state index in [1.165, 1.54) is 20.3 Å². The summed E-state index contributed by atoms with van der Waals surface area (Å²) in [4.78, 5) is 25.9. The molecule has 7 nitrogen and oxygen atoms in total. The monoisotopic (exact) mass is 421 g/mol. The lowest BCUT2D eigenvalue weighted by Gasteiger charge is -2.19. The largest absolute Gasteiger partial charge is 0.497 e. The van der Waals surface area contributed by atoms with Crippen LogP contribution in [0.15, 0.2) is 72.8 Å². The van der Waals surface area contributed by atoms with Crippen LogP contribution in [0.3, 0.4) is 0 Å². The van der Waals surface area contributed by atoms with Crippen LogP contribution in [-0.4, -0.2) is 33.2 Å². The van der Waals surface area contributed by atoms with E-state index in [1.54, 1.807) is 67.8 Å². The second kappa shape index (κ2) is 10.2. The van der Waals surface area contributed by atoms with Crippen LogP contribution >= 0.6 is 0 Å². The number of methoxy groups -OCH3 is 3. The maximum Gasteiger partial charge on any atom is 0.339 e. The molecule has 0 heterocycles. The van der Waals surface area contributed by atoms with Crippen molar-refractivity contribution < 1.29 is 28.5 Å². The van der Waals surface area contributed by atoms with Crippen molar-refractivity contribution in [2.24, 2.45) is 0 Å². The molecule has 0 saturated carbocycles. The summed E-state index contributed by atoms with van der Waals surface area (Å²) in [5.41, 5.74) is 1.29. The molecular weight excluding hydrogens is 398 g/mol. The van der Waals surface area contributed by atoms with Crippen LogP contribution in [0.25, 0.3) is 0 Å². The van der Waals surface area contributed by atoms with Crippen LogP contribution < -0.4 is 19.5 Å². The van der Waals surface area contributed by atoms with Crippen molar-refractivity contribution in [2.45, 2.75) is 6.10 Å². The van der Waals surface area contributed by atoms with Crippen molar-refractivity contribution in [1.29, 1.82) is 0 Å². The molecule has 0 aliphatic heterocycles. The first-order valence-electron chi connectivity index (χ1n) is 9.48. The number of nitrogens with one attached hydrogen (secondary N) is 1. The Morgan fingerprint density at radius 3 is 2.19 bits per heavy atom. The van der Waals surface area contributed by atoms with Gasteiger partial charge >= 0.3 is 5.97 Å². The van der Waals surface area contributed by atoms with Crippen molar-refractivity contribution in [1.82, 2.24) is 0 Å².